The molecule has 0 saturated carbocycles. The summed E-state index contributed by atoms with van der Waals surface area (Å²) < 4.78 is 6.75. The van der Waals surface area contributed by atoms with Crippen LogP contribution in [-0.4, -0.2) is 38.6 Å². The average molecular weight is 421 g/mol. The summed E-state index contributed by atoms with van der Waals surface area (Å²) in [4.78, 5) is 29.5. The maximum absolute atomic E-state index is 12.4. The molecular formula is C21H19N5O3S. The number of hydrogen-bond acceptors (Lipinski definition) is 7. The van der Waals surface area contributed by atoms with Gasteiger partial charge in [-0.3, -0.25) is 9.20 Å². The second-order valence-electron chi connectivity index (χ2n) is 6.50. The van der Waals surface area contributed by atoms with E-state index in [1.165, 1.54) is 18.4 Å². The van der Waals surface area contributed by atoms with Crippen LogP contribution in [0.5, 0.6) is 0 Å². The van der Waals surface area contributed by atoms with E-state index in [4.69, 9.17) is 4.74 Å². The molecule has 0 bridgehead atoms. The van der Waals surface area contributed by atoms with Gasteiger partial charge in [0.2, 0.25) is 5.91 Å². The Bertz CT molecular complexity index is 1190. The van der Waals surface area contributed by atoms with Crippen molar-refractivity contribution in [3.8, 4) is 10.4 Å². The number of carbonyl (C=O) groups excluding carboxylic acids is 2. The molecule has 0 saturated heterocycles. The van der Waals surface area contributed by atoms with E-state index in [2.05, 4.69) is 20.5 Å². The Kier molecular flexibility index (Phi) is 5.80. The normalized spacial score (nSPS) is 10.8. The first-order valence-corrected chi connectivity index (χ1v) is 10.2. The molecule has 1 N–H and O–H groups in total. The number of pyridine rings is 1. The number of benzene rings is 1. The maximum Gasteiger partial charge on any atom is 0.358 e. The molecule has 1 amide bonds. The Morgan fingerprint density at radius 2 is 1.90 bits per heavy atom. The number of rotatable bonds is 7. The third-order valence-electron chi connectivity index (χ3n) is 4.48. The highest BCUT2D eigenvalue weighted by Gasteiger charge is 2.21. The van der Waals surface area contributed by atoms with E-state index < -0.39 is 5.97 Å². The van der Waals surface area contributed by atoms with Crippen LogP contribution in [0.4, 0.5) is 5.13 Å². The molecule has 0 radical (unpaired) electrons. The van der Waals surface area contributed by atoms with Crippen LogP contribution >= 0.6 is 11.3 Å². The van der Waals surface area contributed by atoms with Crippen molar-refractivity contribution >= 4 is 34.0 Å². The average Bonchev–Trinajstić information content (AvgIpc) is 3.38. The van der Waals surface area contributed by atoms with Gasteiger partial charge in [-0.05, 0) is 24.1 Å². The van der Waals surface area contributed by atoms with E-state index in [-0.39, 0.29) is 11.6 Å². The summed E-state index contributed by atoms with van der Waals surface area (Å²) in [5.41, 5.74) is 1.82. The zero-order chi connectivity index (χ0) is 20.9. The lowest BCUT2D eigenvalue weighted by atomic mass is 10.1. The number of aryl methyl sites for hydroxylation is 1. The lowest BCUT2D eigenvalue weighted by Crippen LogP contribution is -2.12. The molecule has 0 fully saturated rings. The minimum absolute atomic E-state index is 0.173. The molecule has 30 heavy (non-hydrogen) atoms. The van der Waals surface area contributed by atoms with Gasteiger partial charge in [-0.1, -0.05) is 47.7 Å². The van der Waals surface area contributed by atoms with Crippen LogP contribution in [0.2, 0.25) is 0 Å². The van der Waals surface area contributed by atoms with Crippen LogP contribution in [0.3, 0.4) is 0 Å². The number of amides is 1. The monoisotopic (exact) mass is 421 g/mol. The topological polar surface area (TPSA) is 98.5 Å². The van der Waals surface area contributed by atoms with Crippen molar-refractivity contribution in [3.63, 3.8) is 0 Å². The van der Waals surface area contributed by atoms with Crippen molar-refractivity contribution in [1.82, 2.24) is 19.6 Å². The van der Waals surface area contributed by atoms with E-state index in [9.17, 15) is 9.59 Å². The standard InChI is InChI=1S/C21H19N5O3S/c1-29-20(28)18-19(14-8-3-2-4-9-14)30-21(23-18)22-17(27)12-7-11-16-25-24-15-10-5-6-13-26(15)16/h2-6,8-10,13H,7,11-12H2,1H3,(H,22,23,27). The van der Waals surface area contributed by atoms with E-state index in [0.717, 1.165) is 17.0 Å². The minimum atomic E-state index is -0.538. The number of methoxy groups -OCH3 is 1. The molecule has 3 aromatic heterocycles. The number of nitrogens with one attached hydrogen (secondary N) is 1. The number of aromatic nitrogens is 4. The Morgan fingerprint density at radius 1 is 1.10 bits per heavy atom. The number of fused-ring (bicyclic) bond motifs is 1. The zero-order valence-electron chi connectivity index (χ0n) is 16.2. The zero-order valence-corrected chi connectivity index (χ0v) is 17.1. The number of esters is 1. The largest absolute Gasteiger partial charge is 0.464 e. The van der Waals surface area contributed by atoms with Gasteiger partial charge in [-0.15, -0.1) is 10.2 Å². The van der Waals surface area contributed by atoms with Crippen molar-refractivity contribution in [3.05, 3.63) is 66.2 Å². The quantitative estimate of drug-likeness (QED) is 0.458. The third kappa shape index (κ3) is 4.20. The third-order valence-corrected chi connectivity index (χ3v) is 5.50. The molecule has 0 aliphatic heterocycles. The minimum Gasteiger partial charge on any atom is -0.464 e. The SMILES string of the molecule is COC(=O)c1nc(NC(=O)CCCc2nnc3ccccn23)sc1-c1ccccc1. The molecule has 4 rings (SSSR count). The lowest BCUT2D eigenvalue weighted by molar-refractivity contribution is -0.116. The van der Waals surface area contributed by atoms with Crippen molar-refractivity contribution in [2.75, 3.05) is 12.4 Å². The number of ether oxygens (including phenoxy) is 1. The van der Waals surface area contributed by atoms with Gasteiger partial charge < -0.3 is 10.1 Å². The van der Waals surface area contributed by atoms with E-state index in [1.807, 2.05) is 59.1 Å². The molecule has 3 heterocycles. The summed E-state index contributed by atoms with van der Waals surface area (Å²) in [6, 6.07) is 15.1. The Labute approximate surface area is 176 Å². The highest BCUT2D eigenvalue weighted by Crippen LogP contribution is 2.33. The summed E-state index contributed by atoms with van der Waals surface area (Å²) in [7, 11) is 1.31. The van der Waals surface area contributed by atoms with Crippen molar-refractivity contribution in [2.45, 2.75) is 19.3 Å². The molecule has 0 spiro atoms. The van der Waals surface area contributed by atoms with Gasteiger partial charge in [-0.2, -0.15) is 0 Å². The van der Waals surface area contributed by atoms with Crippen molar-refractivity contribution < 1.29 is 14.3 Å². The second-order valence-corrected chi connectivity index (χ2v) is 7.50. The van der Waals surface area contributed by atoms with Crippen molar-refractivity contribution in [1.29, 1.82) is 0 Å². The Balaban J connectivity index is 1.41. The van der Waals surface area contributed by atoms with Crippen LogP contribution in [0.25, 0.3) is 16.1 Å². The number of thiazole rings is 1. The predicted molar refractivity (Wildman–Crippen MR) is 113 cm³/mol. The van der Waals surface area contributed by atoms with Gasteiger partial charge >= 0.3 is 5.97 Å². The molecule has 4 aromatic rings. The van der Waals surface area contributed by atoms with Gasteiger partial charge in [0, 0.05) is 19.0 Å². The fourth-order valence-corrected chi connectivity index (χ4v) is 4.02. The van der Waals surface area contributed by atoms with E-state index >= 15 is 0 Å². The van der Waals surface area contributed by atoms with E-state index in [1.54, 1.807) is 0 Å². The molecule has 1 aromatic carbocycles. The summed E-state index contributed by atoms with van der Waals surface area (Å²) in [6.45, 7) is 0. The lowest BCUT2D eigenvalue weighted by Gasteiger charge is -2.01. The molecule has 8 nitrogen and oxygen atoms in total. The first-order chi connectivity index (χ1) is 14.7. The maximum atomic E-state index is 12.4. The Morgan fingerprint density at radius 3 is 2.70 bits per heavy atom. The number of anilines is 1. The molecule has 9 heteroatoms. The molecule has 152 valence electrons. The van der Waals surface area contributed by atoms with Crippen LogP contribution < -0.4 is 5.32 Å². The van der Waals surface area contributed by atoms with Gasteiger partial charge in [0.15, 0.2) is 16.5 Å². The summed E-state index contributed by atoms with van der Waals surface area (Å²) in [6.07, 6.45) is 3.44. The first-order valence-electron chi connectivity index (χ1n) is 9.39. The van der Waals surface area contributed by atoms with Crippen LogP contribution in [-0.2, 0) is 16.0 Å². The summed E-state index contributed by atoms with van der Waals surface area (Å²) in [5, 5.41) is 11.4. The van der Waals surface area contributed by atoms with Gasteiger partial charge in [0.1, 0.15) is 5.82 Å². The number of carbonyl (C=O) groups is 2. The van der Waals surface area contributed by atoms with Crippen LogP contribution in [0.15, 0.2) is 54.7 Å². The fourth-order valence-electron chi connectivity index (χ4n) is 3.04. The highest BCUT2D eigenvalue weighted by atomic mass is 32.1. The Hall–Kier alpha value is -3.59. The highest BCUT2D eigenvalue weighted by molar-refractivity contribution is 7.19. The first kappa shape index (κ1) is 19.7. The molecule has 0 aliphatic rings. The van der Waals surface area contributed by atoms with E-state index in [0.29, 0.717) is 29.3 Å². The smallest absolute Gasteiger partial charge is 0.358 e. The molecule has 0 atom stereocenters. The summed E-state index contributed by atoms with van der Waals surface area (Å²) in [5.74, 6) is 0.102. The van der Waals surface area contributed by atoms with Gasteiger partial charge in [0.25, 0.3) is 0 Å². The summed E-state index contributed by atoms with van der Waals surface area (Å²) >= 11 is 1.25. The molecular weight excluding hydrogens is 402 g/mol. The molecule has 0 unspecified atom stereocenters. The molecule has 0 aliphatic carbocycles. The van der Waals surface area contributed by atoms with Crippen LogP contribution in [0.1, 0.15) is 29.2 Å². The van der Waals surface area contributed by atoms with Gasteiger partial charge in [0.05, 0.1) is 12.0 Å². The predicted octanol–water partition coefficient (Wildman–Crippen LogP) is 3.60. The number of hydrogen-bond donors (Lipinski definition) is 1. The van der Waals surface area contributed by atoms with Crippen LogP contribution in [0, 0.1) is 0 Å². The number of nitrogens with zero attached hydrogens (tertiary/aromatic N) is 4. The van der Waals surface area contributed by atoms with Gasteiger partial charge in [-0.25, -0.2) is 9.78 Å². The second kappa shape index (κ2) is 8.83. The van der Waals surface area contributed by atoms with Crippen molar-refractivity contribution in [2.24, 2.45) is 0 Å². The fraction of sp³-hybridized carbons (Fsp3) is 0.190.